The third kappa shape index (κ3) is 7.85. The lowest BCUT2D eigenvalue weighted by Gasteiger charge is -2.27. The number of nitrogens with two attached hydrogens (primary N) is 1. The lowest BCUT2D eigenvalue weighted by Crippen LogP contribution is -2.57. The van der Waals surface area contributed by atoms with Crippen molar-refractivity contribution in [2.75, 3.05) is 0 Å². The Morgan fingerprint density at radius 3 is 1.83 bits per heavy atom. The van der Waals surface area contributed by atoms with Gasteiger partial charge in [-0.15, -0.1) is 0 Å². The summed E-state index contributed by atoms with van der Waals surface area (Å²) in [5.41, 5.74) is 6.75. The molecule has 0 spiro atoms. The minimum Gasteiger partial charge on any atom is -0.459 e. The molecule has 7 nitrogen and oxygen atoms in total. The molecule has 0 aliphatic carbocycles. The Morgan fingerprint density at radius 1 is 0.828 bits per heavy atom. The molecule has 0 heterocycles. The fourth-order valence-electron chi connectivity index (χ4n) is 2.65. The SMILES string of the molecule is CC(C)[C@H](N)C(=O)N[C@H](C(=O)N[C@H](C(=O)OCc1ccccc1)C(C)C)C(C)C. The van der Waals surface area contributed by atoms with Gasteiger partial charge in [0.25, 0.3) is 0 Å². The molecular formula is C22H35N3O4. The second-order valence-corrected chi connectivity index (χ2v) is 8.32. The lowest BCUT2D eigenvalue weighted by molar-refractivity contribution is -0.150. The molecule has 0 fully saturated rings. The molecule has 7 heteroatoms. The van der Waals surface area contributed by atoms with Gasteiger partial charge in [-0.25, -0.2) is 4.79 Å². The number of hydrogen-bond acceptors (Lipinski definition) is 5. The molecule has 29 heavy (non-hydrogen) atoms. The van der Waals surface area contributed by atoms with Gasteiger partial charge in [0.1, 0.15) is 18.7 Å². The van der Waals surface area contributed by atoms with Crippen molar-refractivity contribution in [3.8, 4) is 0 Å². The van der Waals surface area contributed by atoms with Crippen LogP contribution in [0.2, 0.25) is 0 Å². The van der Waals surface area contributed by atoms with Crippen molar-refractivity contribution >= 4 is 17.8 Å². The fourth-order valence-corrected chi connectivity index (χ4v) is 2.65. The Labute approximate surface area is 173 Å². The van der Waals surface area contributed by atoms with Gasteiger partial charge in [0.05, 0.1) is 6.04 Å². The molecule has 0 bridgehead atoms. The van der Waals surface area contributed by atoms with E-state index in [9.17, 15) is 14.4 Å². The van der Waals surface area contributed by atoms with Crippen LogP contribution in [0.15, 0.2) is 30.3 Å². The highest BCUT2D eigenvalue weighted by Gasteiger charge is 2.32. The van der Waals surface area contributed by atoms with Crippen molar-refractivity contribution in [3.63, 3.8) is 0 Å². The number of esters is 1. The molecule has 0 aromatic heterocycles. The maximum absolute atomic E-state index is 12.8. The summed E-state index contributed by atoms with van der Waals surface area (Å²) in [5, 5.41) is 5.45. The third-order valence-corrected chi connectivity index (χ3v) is 4.71. The van der Waals surface area contributed by atoms with Crippen LogP contribution in [0, 0.1) is 17.8 Å². The van der Waals surface area contributed by atoms with Crippen LogP contribution in [0.4, 0.5) is 0 Å². The van der Waals surface area contributed by atoms with E-state index >= 15 is 0 Å². The monoisotopic (exact) mass is 405 g/mol. The highest BCUT2D eigenvalue weighted by atomic mass is 16.5. The maximum Gasteiger partial charge on any atom is 0.329 e. The molecule has 0 radical (unpaired) electrons. The number of hydrogen-bond donors (Lipinski definition) is 3. The van der Waals surface area contributed by atoms with E-state index in [2.05, 4.69) is 10.6 Å². The van der Waals surface area contributed by atoms with Gasteiger partial charge in [0.15, 0.2) is 0 Å². The minimum atomic E-state index is -0.817. The number of benzene rings is 1. The summed E-state index contributed by atoms with van der Waals surface area (Å²) in [6.45, 7) is 11.1. The van der Waals surface area contributed by atoms with E-state index < -0.39 is 30.0 Å². The van der Waals surface area contributed by atoms with Crippen molar-refractivity contribution in [1.82, 2.24) is 10.6 Å². The Kier molecular flexibility index (Phi) is 9.81. The molecule has 0 aliphatic heterocycles. The van der Waals surface area contributed by atoms with Crippen molar-refractivity contribution in [2.45, 2.75) is 66.3 Å². The summed E-state index contributed by atoms with van der Waals surface area (Å²) in [7, 11) is 0. The number of carbonyl (C=O) groups excluding carboxylic acids is 3. The van der Waals surface area contributed by atoms with E-state index in [1.807, 2.05) is 71.9 Å². The van der Waals surface area contributed by atoms with Crippen LogP contribution in [-0.4, -0.2) is 35.9 Å². The Hall–Kier alpha value is -2.41. The number of nitrogens with one attached hydrogen (secondary N) is 2. The molecule has 0 saturated carbocycles. The van der Waals surface area contributed by atoms with E-state index in [-0.39, 0.29) is 30.3 Å². The molecule has 2 amide bonds. The first-order chi connectivity index (χ1) is 13.5. The molecule has 0 unspecified atom stereocenters. The molecule has 0 saturated heterocycles. The number of amides is 2. The van der Waals surface area contributed by atoms with Crippen LogP contribution in [0.5, 0.6) is 0 Å². The minimum absolute atomic E-state index is 0.0535. The standard InChI is InChI=1S/C22H35N3O4/c1-13(2)17(23)20(26)24-18(14(3)4)21(27)25-19(15(5)6)22(28)29-12-16-10-8-7-9-11-16/h7-11,13-15,17-19H,12,23H2,1-6H3,(H,24,26)(H,25,27)/t17-,18-,19-/m0/s1. The highest BCUT2D eigenvalue weighted by molar-refractivity contribution is 5.92. The quantitative estimate of drug-likeness (QED) is 0.516. The average molecular weight is 406 g/mol. The number of rotatable bonds is 10. The normalized spacial score (nSPS) is 14.4. The van der Waals surface area contributed by atoms with Gasteiger partial charge in [-0.05, 0) is 23.3 Å². The second kappa shape index (κ2) is 11.6. The summed E-state index contributed by atoms with van der Waals surface area (Å²) in [5.74, 6) is -1.73. The molecular weight excluding hydrogens is 370 g/mol. The van der Waals surface area contributed by atoms with Gasteiger partial charge in [-0.3, -0.25) is 9.59 Å². The van der Waals surface area contributed by atoms with Gasteiger partial charge in [-0.1, -0.05) is 71.9 Å². The third-order valence-electron chi connectivity index (χ3n) is 4.71. The van der Waals surface area contributed by atoms with Crippen molar-refractivity contribution in [1.29, 1.82) is 0 Å². The van der Waals surface area contributed by atoms with Gasteiger partial charge in [0, 0.05) is 0 Å². The largest absolute Gasteiger partial charge is 0.459 e. The van der Waals surface area contributed by atoms with Crippen molar-refractivity contribution < 1.29 is 19.1 Å². The van der Waals surface area contributed by atoms with Gasteiger partial charge in [0.2, 0.25) is 11.8 Å². The fraction of sp³-hybridized carbons (Fsp3) is 0.591. The summed E-state index contributed by atoms with van der Waals surface area (Å²) < 4.78 is 5.38. The topological polar surface area (TPSA) is 111 Å². The molecule has 3 atom stereocenters. The smallest absolute Gasteiger partial charge is 0.329 e. The van der Waals surface area contributed by atoms with Gasteiger partial charge >= 0.3 is 5.97 Å². The Balaban J connectivity index is 2.79. The average Bonchev–Trinajstić information content (AvgIpc) is 2.67. The van der Waals surface area contributed by atoms with E-state index in [4.69, 9.17) is 10.5 Å². The number of carbonyl (C=O) groups is 3. The predicted octanol–water partition coefficient (Wildman–Crippen LogP) is 1.99. The van der Waals surface area contributed by atoms with E-state index in [0.717, 1.165) is 5.56 Å². The second-order valence-electron chi connectivity index (χ2n) is 8.32. The summed E-state index contributed by atoms with van der Waals surface area (Å²) >= 11 is 0. The lowest BCUT2D eigenvalue weighted by atomic mass is 9.98. The molecule has 1 aromatic carbocycles. The Morgan fingerprint density at radius 2 is 1.34 bits per heavy atom. The molecule has 0 aliphatic rings. The zero-order chi connectivity index (χ0) is 22.1. The van der Waals surface area contributed by atoms with Crippen molar-refractivity contribution in [3.05, 3.63) is 35.9 Å². The first kappa shape index (κ1) is 24.6. The summed E-state index contributed by atoms with van der Waals surface area (Å²) in [4.78, 5) is 37.7. The van der Waals surface area contributed by atoms with Gasteiger partial charge in [-0.2, -0.15) is 0 Å². The predicted molar refractivity (Wildman–Crippen MR) is 113 cm³/mol. The number of ether oxygens (including phenoxy) is 1. The van der Waals surface area contributed by atoms with E-state index in [1.165, 1.54) is 0 Å². The van der Waals surface area contributed by atoms with Crippen LogP contribution in [0.3, 0.4) is 0 Å². The molecule has 162 valence electrons. The zero-order valence-corrected chi connectivity index (χ0v) is 18.3. The first-order valence-electron chi connectivity index (χ1n) is 10.1. The molecule has 1 aromatic rings. The van der Waals surface area contributed by atoms with E-state index in [1.54, 1.807) is 0 Å². The van der Waals surface area contributed by atoms with Crippen LogP contribution in [0.25, 0.3) is 0 Å². The molecule has 1 rings (SSSR count). The highest BCUT2D eigenvalue weighted by Crippen LogP contribution is 2.10. The van der Waals surface area contributed by atoms with Gasteiger partial charge < -0.3 is 21.1 Å². The van der Waals surface area contributed by atoms with Crippen LogP contribution in [-0.2, 0) is 25.7 Å². The summed E-state index contributed by atoms with van der Waals surface area (Å²) in [6, 6.07) is 7.01. The van der Waals surface area contributed by atoms with E-state index in [0.29, 0.717) is 0 Å². The van der Waals surface area contributed by atoms with Crippen molar-refractivity contribution in [2.24, 2.45) is 23.5 Å². The first-order valence-corrected chi connectivity index (χ1v) is 10.1. The Bertz CT molecular complexity index is 674. The van der Waals surface area contributed by atoms with Crippen LogP contribution < -0.4 is 16.4 Å². The maximum atomic E-state index is 12.8. The van der Waals surface area contributed by atoms with Crippen LogP contribution in [0.1, 0.15) is 47.1 Å². The zero-order valence-electron chi connectivity index (χ0n) is 18.3. The van der Waals surface area contributed by atoms with Crippen LogP contribution >= 0.6 is 0 Å². The summed E-state index contributed by atoms with van der Waals surface area (Å²) in [6.07, 6.45) is 0. The molecule has 4 N–H and O–H groups in total.